The summed E-state index contributed by atoms with van der Waals surface area (Å²) in [6.07, 6.45) is 2.04. The van der Waals surface area contributed by atoms with Crippen LogP contribution in [0.15, 0.2) is 36.4 Å². The molecule has 8 N–H and O–H groups in total. The molecule has 8 nitrogen and oxygen atoms in total. The van der Waals surface area contributed by atoms with Crippen LogP contribution in [-0.2, 0) is 0 Å². The summed E-state index contributed by atoms with van der Waals surface area (Å²) in [5, 5.41) is 65.9. The van der Waals surface area contributed by atoms with Gasteiger partial charge in [-0.25, -0.2) is 0 Å². The third-order valence-corrected chi connectivity index (χ3v) is 6.02. The van der Waals surface area contributed by atoms with Crippen LogP contribution in [0.2, 0.25) is 0 Å². The fraction of sp³-hybridized carbons (Fsp3) is 0.538. The van der Waals surface area contributed by atoms with Gasteiger partial charge in [0.15, 0.2) is 0 Å². The lowest BCUT2D eigenvalue weighted by Gasteiger charge is -2.30. The Hall–Kier alpha value is -2.52. The first-order valence-electron chi connectivity index (χ1n) is 11.7. The molecule has 2 unspecified atom stereocenters. The second kappa shape index (κ2) is 11.8. The lowest BCUT2D eigenvalue weighted by molar-refractivity contribution is 0.155. The lowest BCUT2D eigenvalue weighted by atomic mass is 9.91. The van der Waals surface area contributed by atoms with Gasteiger partial charge in [-0.1, -0.05) is 12.8 Å². The number of phenolic OH excluding ortho intramolecular Hbond substituents is 4. The minimum absolute atomic E-state index is 0.0860. The Morgan fingerprint density at radius 1 is 0.588 bits per heavy atom. The van der Waals surface area contributed by atoms with Crippen molar-refractivity contribution in [2.45, 2.75) is 76.7 Å². The summed E-state index contributed by atoms with van der Waals surface area (Å²) in [6.45, 7) is 8.89. The Balaban J connectivity index is 1.72. The first-order chi connectivity index (χ1) is 15.8. The van der Waals surface area contributed by atoms with Gasteiger partial charge in [-0.05, 0) is 75.9 Å². The zero-order valence-electron chi connectivity index (χ0n) is 20.5. The molecule has 2 rings (SSSR count). The summed E-state index contributed by atoms with van der Waals surface area (Å²) in [7, 11) is 0. The smallest absolute Gasteiger partial charge is 0.119 e. The Morgan fingerprint density at radius 2 is 0.882 bits per heavy atom. The number of unbranched alkanes of at least 4 members (excludes halogenated alkanes) is 1. The molecule has 0 heterocycles. The molecule has 2 aromatic rings. The molecule has 0 spiro atoms. The molecule has 2 atom stereocenters. The van der Waals surface area contributed by atoms with E-state index in [0.29, 0.717) is 24.2 Å². The average Bonchev–Trinajstić information content (AvgIpc) is 2.72. The topological polar surface area (TPSA) is 145 Å². The van der Waals surface area contributed by atoms with Gasteiger partial charge in [0.1, 0.15) is 23.0 Å². The van der Waals surface area contributed by atoms with E-state index in [4.69, 9.17) is 0 Å². The summed E-state index contributed by atoms with van der Waals surface area (Å²) in [5.41, 5.74) is 0.504. The molecule has 0 aliphatic rings. The van der Waals surface area contributed by atoms with Gasteiger partial charge in [0.25, 0.3) is 0 Å². The second-order valence-corrected chi connectivity index (χ2v) is 10.3. The fourth-order valence-electron chi connectivity index (χ4n) is 3.91. The molecular weight excluding hydrogens is 436 g/mol. The molecule has 0 amide bonds. The van der Waals surface area contributed by atoms with Crippen molar-refractivity contribution in [3.8, 4) is 23.0 Å². The fourth-order valence-corrected chi connectivity index (χ4v) is 3.91. The minimum Gasteiger partial charge on any atom is -0.508 e. The van der Waals surface area contributed by atoms with E-state index >= 15 is 0 Å². The maximum atomic E-state index is 10.4. The molecular formula is C26H40N2O6. The zero-order chi connectivity index (χ0) is 25.5. The largest absolute Gasteiger partial charge is 0.508 e. The van der Waals surface area contributed by atoms with Gasteiger partial charge in [0, 0.05) is 36.3 Å². The van der Waals surface area contributed by atoms with Crippen molar-refractivity contribution in [3.05, 3.63) is 47.5 Å². The number of aliphatic hydroxyl groups excluding tert-OH is 2. The number of rotatable bonds is 13. The number of hydrogen-bond donors (Lipinski definition) is 8. The van der Waals surface area contributed by atoms with Crippen LogP contribution in [0.4, 0.5) is 0 Å². The van der Waals surface area contributed by atoms with Gasteiger partial charge in [-0.3, -0.25) is 0 Å². The number of phenols is 4. The summed E-state index contributed by atoms with van der Waals surface area (Å²) in [6, 6.07) is 8.20. The van der Waals surface area contributed by atoms with Crippen LogP contribution in [0.25, 0.3) is 0 Å². The number of aliphatic hydroxyl groups is 2. The Labute approximate surface area is 201 Å². The van der Waals surface area contributed by atoms with Crippen molar-refractivity contribution < 1.29 is 30.6 Å². The van der Waals surface area contributed by atoms with E-state index in [1.54, 1.807) is 0 Å². The predicted molar refractivity (Wildman–Crippen MR) is 132 cm³/mol. The predicted octanol–water partition coefficient (Wildman–Crippen LogP) is 3.57. The van der Waals surface area contributed by atoms with Gasteiger partial charge in [-0.15, -0.1) is 0 Å². The summed E-state index contributed by atoms with van der Waals surface area (Å²) in [5.74, 6) is -0.344. The highest BCUT2D eigenvalue weighted by atomic mass is 16.3. The Bertz CT molecular complexity index is 816. The lowest BCUT2D eigenvalue weighted by Crippen LogP contribution is -2.42. The summed E-state index contributed by atoms with van der Waals surface area (Å²) >= 11 is 0. The quantitative estimate of drug-likeness (QED) is 0.205. The van der Waals surface area contributed by atoms with Crippen LogP contribution in [0.3, 0.4) is 0 Å². The van der Waals surface area contributed by atoms with Gasteiger partial charge in [-0.2, -0.15) is 0 Å². The van der Waals surface area contributed by atoms with E-state index in [0.717, 1.165) is 25.7 Å². The molecule has 190 valence electrons. The number of β-amino-alcohol motifs (C(OH)–C–C–N with tert-alkyl or cyclic N) is 2. The number of hydrogen-bond acceptors (Lipinski definition) is 8. The number of aromatic hydroxyl groups is 4. The van der Waals surface area contributed by atoms with E-state index in [2.05, 4.69) is 38.3 Å². The highest BCUT2D eigenvalue weighted by Gasteiger charge is 2.22. The van der Waals surface area contributed by atoms with E-state index in [-0.39, 0.29) is 34.1 Å². The van der Waals surface area contributed by atoms with E-state index in [9.17, 15) is 30.6 Å². The molecule has 0 saturated carbocycles. The standard InChI is InChI=1S/C26H40N2O6/c1-25(2,27-15-23(33)17-9-19(29)13-20(30)10-17)7-5-6-8-26(3,4)28-16-24(34)18-11-21(31)14-22(32)12-18/h9-14,23-24,27-34H,5-8,15-16H2,1-4H3. The molecule has 2 aromatic carbocycles. The van der Waals surface area contributed by atoms with Gasteiger partial charge >= 0.3 is 0 Å². The maximum absolute atomic E-state index is 10.4. The highest BCUT2D eigenvalue weighted by Crippen LogP contribution is 2.27. The normalized spacial score (nSPS) is 14.2. The number of nitrogens with one attached hydrogen (secondary N) is 2. The van der Waals surface area contributed by atoms with Gasteiger partial charge in [0.2, 0.25) is 0 Å². The molecule has 0 bridgehead atoms. The second-order valence-electron chi connectivity index (χ2n) is 10.3. The van der Waals surface area contributed by atoms with E-state index < -0.39 is 12.2 Å². The summed E-state index contributed by atoms with van der Waals surface area (Å²) < 4.78 is 0. The van der Waals surface area contributed by atoms with Crippen LogP contribution in [0.5, 0.6) is 23.0 Å². The Kier molecular flexibility index (Phi) is 9.58. The molecule has 0 aliphatic carbocycles. The van der Waals surface area contributed by atoms with Crippen LogP contribution in [-0.4, -0.2) is 54.8 Å². The first kappa shape index (κ1) is 27.7. The van der Waals surface area contributed by atoms with Crippen LogP contribution >= 0.6 is 0 Å². The molecule has 8 heteroatoms. The van der Waals surface area contributed by atoms with Crippen molar-refractivity contribution >= 4 is 0 Å². The third-order valence-electron chi connectivity index (χ3n) is 6.02. The molecule has 34 heavy (non-hydrogen) atoms. The maximum Gasteiger partial charge on any atom is 0.119 e. The van der Waals surface area contributed by atoms with Crippen molar-refractivity contribution in [1.82, 2.24) is 10.6 Å². The molecule has 0 saturated heterocycles. The average molecular weight is 477 g/mol. The molecule has 0 aromatic heterocycles. The number of benzene rings is 2. The zero-order valence-corrected chi connectivity index (χ0v) is 20.5. The molecule has 0 aliphatic heterocycles. The van der Waals surface area contributed by atoms with Crippen molar-refractivity contribution in [3.63, 3.8) is 0 Å². The van der Waals surface area contributed by atoms with Crippen LogP contribution < -0.4 is 10.6 Å². The summed E-state index contributed by atoms with van der Waals surface area (Å²) in [4.78, 5) is 0. The Morgan fingerprint density at radius 3 is 1.18 bits per heavy atom. The van der Waals surface area contributed by atoms with Crippen molar-refractivity contribution in [2.75, 3.05) is 13.1 Å². The molecule has 0 fully saturated rings. The monoisotopic (exact) mass is 476 g/mol. The molecule has 0 radical (unpaired) electrons. The van der Waals surface area contributed by atoms with Crippen molar-refractivity contribution in [1.29, 1.82) is 0 Å². The van der Waals surface area contributed by atoms with Crippen molar-refractivity contribution in [2.24, 2.45) is 0 Å². The van der Waals surface area contributed by atoms with Crippen LogP contribution in [0.1, 0.15) is 76.7 Å². The van der Waals surface area contributed by atoms with E-state index in [1.807, 2.05) is 0 Å². The highest BCUT2D eigenvalue weighted by molar-refractivity contribution is 5.38. The SMILES string of the molecule is CC(C)(CCCCC(C)(C)NCC(O)c1cc(O)cc(O)c1)NCC(O)c1cc(O)cc(O)c1. The van der Waals surface area contributed by atoms with Gasteiger partial charge in [0.05, 0.1) is 12.2 Å². The first-order valence-corrected chi connectivity index (χ1v) is 11.7. The minimum atomic E-state index is -0.847. The third kappa shape index (κ3) is 9.38. The van der Waals surface area contributed by atoms with E-state index in [1.165, 1.54) is 36.4 Å². The van der Waals surface area contributed by atoms with Gasteiger partial charge < -0.3 is 41.3 Å². The van der Waals surface area contributed by atoms with Crippen LogP contribution in [0, 0.1) is 0 Å².